The molecule has 0 spiro atoms. The number of nitrogens with zero attached hydrogens (tertiary/aromatic N) is 2. The van der Waals surface area contributed by atoms with Crippen molar-refractivity contribution in [2.75, 3.05) is 20.7 Å². The molecule has 1 fully saturated rings. The van der Waals surface area contributed by atoms with Crippen LogP contribution in [0.5, 0.6) is 0 Å². The lowest BCUT2D eigenvalue weighted by Gasteiger charge is -2.32. The molecule has 7 nitrogen and oxygen atoms in total. The Morgan fingerprint density at radius 2 is 1.87 bits per heavy atom. The van der Waals surface area contributed by atoms with E-state index in [-0.39, 0.29) is 23.9 Å². The molecule has 0 aromatic rings. The van der Waals surface area contributed by atoms with Gasteiger partial charge >= 0.3 is 6.09 Å². The molecule has 2 amide bonds. The molecule has 0 bridgehead atoms. The first kappa shape index (κ1) is 19.3. The fraction of sp³-hybridized carbons (Fsp3) is 0.812. The Labute approximate surface area is 138 Å². The van der Waals surface area contributed by atoms with Crippen LogP contribution in [-0.2, 0) is 9.53 Å². The second-order valence-electron chi connectivity index (χ2n) is 6.46. The lowest BCUT2D eigenvalue weighted by atomic mass is 10.0. The van der Waals surface area contributed by atoms with Gasteiger partial charge in [-0.25, -0.2) is 4.79 Å². The highest BCUT2D eigenvalue weighted by molar-refractivity contribution is 5.94. The van der Waals surface area contributed by atoms with Crippen LogP contribution in [0.1, 0.15) is 40.5 Å². The van der Waals surface area contributed by atoms with E-state index in [9.17, 15) is 9.59 Å². The number of rotatable bonds is 5. The zero-order valence-electron chi connectivity index (χ0n) is 15.0. The van der Waals surface area contributed by atoms with Gasteiger partial charge in [-0.3, -0.25) is 9.79 Å². The SMILES string of the molecule is CN=C(NC(C)C)[C@@H]1CCCN1C(=O)[C@@H](NC(=O)OC)C(C)C. The van der Waals surface area contributed by atoms with Crippen molar-refractivity contribution in [1.29, 1.82) is 0 Å². The number of methoxy groups -OCH3 is 1. The second kappa shape index (κ2) is 8.74. The molecule has 2 atom stereocenters. The molecule has 0 aromatic heterocycles. The minimum absolute atomic E-state index is 0.0251. The summed E-state index contributed by atoms with van der Waals surface area (Å²) in [7, 11) is 3.03. The molecule has 2 N–H and O–H groups in total. The van der Waals surface area contributed by atoms with Gasteiger partial charge in [0.15, 0.2) is 0 Å². The third-order valence-electron chi connectivity index (χ3n) is 3.92. The molecule has 1 aliphatic rings. The maximum atomic E-state index is 12.9. The van der Waals surface area contributed by atoms with E-state index in [1.807, 2.05) is 32.6 Å². The third kappa shape index (κ3) is 5.11. The Morgan fingerprint density at radius 1 is 1.22 bits per heavy atom. The van der Waals surface area contributed by atoms with Crippen molar-refractivity contribution in [3.05, 3.63) is 0 Å². The van der Waals surface area contributed by atoms with Crippen molar-refractivity contribution in [2.45, 2.75) is 58.7 Å². The van der Waals surface area contributed by atoms with E-state index in [0.717, 1.165) is 18.7 Å². The molecule has 1 aliphatic heterocycles. The highest BCUT2D eigenvalue weighted by Crippen LogP contribution is 2.21. The molecular formula is C16H30N4O3. The van der Waals surface area contributed by atoms with E-state index in [4.69, 9.17) is 0 Å². The molecule has 0 radical (unpaired) electrons. The number of nitrogens with one attached hydrogen (secondary N) is 2. The monoisotopic (exact) mass is 326 g/mol. The largest absolute Gasteiger partial charge is 0.453 e. The Kier molecular flexibility index (Phi) is 7.32. The molecule has 23 heavy (non-hydrogen) atoms. The number of aliphatic imine (C=N–C) groups is 1. The molecule has 0 aromatic carbocycles. The Hall–Kier alpha value is -1.79. The molecule has 1 saturated heterocycles. The quantitative estimate of drug-likeness (QED) is 0.591. The number of carbonyl (C=O) groups excluding carboxylic acids is 2. The van der Waals surface area contributed by atoms with Crippen LogP contribution in [0.25, 0.3) is 0 Å². The predicted molar refractivity (Wildman–Crippen MR) is 90.5 cm³/mol. The van der Waals surface area contributed by atoms with Crippen LogP contribution < -0.4 is 10.6 Å². The minimum Gasteiger partial charge on any atom is -0.453 e. The summed E-state index contributed by atoms with van der Waals surface area (Å²) in [4.78, 5) is 30.6. The molecule has 0 unspecified atom stereocenters. The normalized spacial score (nSPS) is 19.9. The lowest BCUT2D eigenvalue weighted by molar-refractivity contribution is -0.134. The van der Waals surface area contributed by atoms with Gasteiger partial charge in [0.1, 0.15) is 11.9 Å². The summed E-state index contributed by atoms with van der Waals surface area (Å²) in [6.07, 6.45) is 1.22. The summed E-state index contributed by atoms with van der Waals surface area (Å²) in [5.74, 6) is 0.717. The molecule has 1 rings (SSSR count). The first-order valence-corrected chi connectivity index (χ1v) is 8.20. The maximum absolute atomic E-state index is 12.9. The highest BCUT2D eigenvalue weighted by atomic mass is 16.5. The number of amidine groups is 1. The Balaban J connectivity index is 2.92. The second-order valence-corrected chi connectivity index (χ2v) is 6.46. The van der Waals surface area contributed by atoms with Crippen molar-refractivity contribution in [2.24, 2.45) is 10.9 Å². The van der Waals surface area contributed by atoms with Gasteiger partial charge in [0.2, 0.25) is 5.91 Å². The number of hydrogen-bond donors (Lipinski definition) is 2. The average Bonchev–Trinajstić information content (AvgIpc) is 2.98. The van der Waals surface area contributed by atoms with Gasteiger partial charge in [0, 0.05) is 19.6 Å². The molecular weight excluding hydrogens is 296 g/mol. The van der Waals surface area contributed by atoms with Crippen LogP contribution >= 0.6 is 0 Å². The van der Waals surface area contributed by atoms with Crippen LogP contribution in [0.4, 0.5) is 4.79 Å². The number of amides is 2. The first-order chi connectivity index (χ1) is 10.8. The van der Waals surface area contributed by atoms with Gasteiger partial charge in [0.05, 0.1) is 13.2 Å². The Morgan fingerprint density at radius 3 is 2.35 bits per heavy atom. The van der Waals surface area contributed by atoms with Crippen LogP contribution in [0.15, 0.2) is 4.99 Å². The van der Waals surface area contributed by atoms with Crippen LogP contribution in [0, 0.1) is 5.92 Å². The van der Waals surface area contributed by atoms with Gasteiger partial charge in [-0.05, 0) is 32.6 Å². The summed E-state index contributed by atoms with van der Waals surface area (Å²) in [5, 5.41) is 5.97. The van der Waals surface area contributed by atoms with Gasteiger partial charge in [-0.15, -0.1) is 0 Å². The summed E-state index contributed by atoms with van der Waals surface area (Å²) >= 11 is 0. The molecule has 0 aliphatic carbocycles. The molecule has 7 heteroatoms. The van der Waals surface area contributed by atoms with Crippen LogP contribution in [0.3, 0.4) is 0 Å². The Bertz CT molecular complexity index is 449. The number of ether oxygens (including phenoxy) is 1. The third-order valence-corrected chi connectivity index (χ3v) is 3.92. The van der Waals surface area contributed by atoms with E-state index in [1.165, 1.54) is 7.11 Å². The zero-order valence-corrected chi connectivity index (χ0v) is 15.0. The number of carbonyl (C=O) groups is 2. The topological polar surface area (TPSA) is 83.0 Å². The predicted octanol–water partition coefficient (Wildman–Crippen LogP) is 1.38. The smallest absolute Gasteiger partial charge is 0.407 e. The lowest BCUT2D eigenvalue weighted by Crippen LogP contribution is -2.55. The van der Waals surface area contributed by atoms with E-state index >= 15 is 0 Å². The van der Waals surface area contributed by atoms with Gasteiger partial charge < -0.3 is 20.3 Å². The first-order valence-electron chi connectivity index (χ1n) is 8.20. The van der Waals surface area contributed by atoms with E-state index in [0.29, 0.717) is 6.54 Å². The maximum Gasteiger partial charge on any atom is 0.407 e. The van der Waals surface area contributed by atoms with Gasteiger partial charge in [-0.2, -0.15) is 0 Å². The summed E-state index contributed by atoms with van der Waals surface area (Å²) in [6.45, 7) is 8.58. The van der Waals surface area contributed by atoms with Crippen molar-refractivity contribution in [3.63, 3.8) is 0 Å². The van der Waals surface area contributed by atoms with Crippen LogP contribution in [-0.4, -0.2) is 61.6 Å². The summed E-state index contributed by atoms with van der Waals surface area (Å²) in [6, 6.07) is -0.406. The number of hydrogen-bond acceptors (Lipinski definition) is 4. The molecule has 0 saturated carbocycles. The van der Waals surface area contributed by atoms with Crippen molar-refractivity contribution in [1.82, 2.24) is 15.5 Å². The van der Waals surface area contributed by atoms with Crippen molar-refractivity contribution >= 4 is 17.8 Å². The molecule has 132 valence electrons. The molecule has 1 heterocycles. The van der Waals surface area contributed by atoms with E-state index in [1.54, 1.807) is 7.05 Å². The standard InChI is InChI=1S/C16H30N4O3/c1-10(2)13(19-16(22)23-6)15(21)20-9-7-8-12(20)14(17-5)18-11(3)4/h10-13H,7-9H2,1-6H3,(H,17,18)(H,19,22)/t12-,13-/m0/s1. The number of alkyl carbamates (subject to hydrolysis) is 1. The minimum atomic E-state index is -0.597. The van der Waals surface area contributed by atoms with Gasteiger partial charge in [-0.1, -0.05) is 13.8 Å². The highest BCUT2D eigenvalue weighted by Gasteiger charge is 2.37. The van der Waals surface area contributed by atoms with E-state index < -0.39 is 12.1 Å². The average molecular weight is 326 g/mol. The van der Waals surface area contributed by atoms with Crippen LogP contribution in [0.2, 0.25) is 0 Å². The number of likely N-dealkylation sites (tertiary alicyclic amines) is 1. The zero-order chi connectivity index (χ0) is 17.6. The van der Waals surface area contributed by atoms with Crippen molar-refractivity contribution < 1.29 is 14.3 Å². The fourth-order valence-corrected chi connectivity index (χ4v) is 2.80. The summed E-state index contributed by atoms with van der Waals surface area (Å²) < 4.78 is 4.63. The van der Waals surface area contributed by atoms with Crippen molar-refractivity contribution in [3.8, 4) is 0 Å². The van der Waals surface area contributed by atoms with Gasteiger partial charge in [0.25, 0.3) is 0 Å². The fourth-order valence-electron chi connectivity index (χ4n) is 2.80. The van der Waals surface area contributed by atoms with E-state index in [2.05, 4.69) is 20.4 Å². The summed E-state index contributed by atoms with van der Waals surface area (Å²) in [5.41, 5.74) is 0.